The first-order valence-electron chi connectivity index (χ1n) is 1.46. The van der Waals surface area contributed by atoms with Gasteiger partial charge < -0.3 is 25.3 Å². The minimum atomic E-state index is -1.89. The summed E-state index contributed by atoms with van der Waals surface area (Å²) in [5.41, 5.74) is 0. The van der Waals surface area contributed by atoms with E-state index in [4.69, 9.17) is 25.3 Å². The third-order valence-electron chi connectivity index (χ3n) is 0. The van der Waals surface area contributed by atoms with Crippen molar-refractivity contribution in [2.24, 2.45) is 0 Å². The summed E-state index contributed by atoms with van der Waals surface area (Å²) in [6.07, 6.45) is 0. The Hall–Kier alpha value is 2.86. The summed E-state index contributed by atoms with van der Waals surface area (Å²) in [6, 6.07) is 0. The molecule has 0 bridgehead atoms. The second-order valence-corrected chi connectivity index (χ2v) is 8.22. The maximum Gasteiger partial charge on any atom is 3.00 e. The van der Waals surface area contributed by atoms with Gasteiger partial charge in [0.05, 0.1) is 0 Å². The summed E-state index contributed by atoms with van der Waals surface area (Å²) in [6.45, 7) is 0. The second-order valence-electron chi connectivity index (χ2n) is 0.582. The van der Waals surface area contributed by atoms with Crippen LogP contribution in [0.4, 0.5) is 0 Å². The van der Waals surface area contributed by atoms with Gasteiger partial charge in [0, 0.05) is 0 Å². The van der Waals surface area contributed by atoms with Gasteiger partial charge in [-0.2, -0.15) is 63.6 Å². The number of hydrogen-bond donors (Lipinski definition) is 0. The summed E-state index contributed by atoms with van der Waals surface area (Å²) in [4.78, 5) is 0. The van der Waals surface area contributed by atoms with Crippen molar-refractivity contribution in [2.75, 3.05) is 0 Å². The first-order valence-corrected chi connectivity index (χ1v) is 12.3. The normalized spacial score (nSPS) is 7.85. The summed E-state index contributed by atoms with van der Waals surface area (Å²) < 4.78 is 53.9. The van der Waals surface area contributed by atoms with Crippen molar-refractivity contribution in [1.29, 1.82) is 0 Å². The van der Waals surface area contributed by atoms with Crippen LogP contribution in [0.25, 0.3) is 0 Å². The number of halogens is 3. The molecular formula is I3O6S3Sb. The molecule has 0 amide bonds. The van der Waals surface area contributed by atoms with Crippen molar-refractivity contribution in [3.8, 4) is 0 Å². The first kappa shape index (κ1) is 24.9. The van der Waals surface area contributed by atoms with Gasteiger partial charge in [0.25, 0.3) is 0 Å². The van der Waals surface area contributed by atoms with E-state index in [1.807, 2.05) is 0 Å². The summed E-state index contributed by atoms with van der Waals surface area (Å²) >= 11 is 3.78. The molecule has 0 aromatic carbocycles. The maximum atomic E-state index is 8.99. The third kappa shape index (κ3) is 301. The van der Waals surface area contributed by atoms with Crippen LogP contribution in [0, 0.1) is 0 Å². The Morgan fingerprint density at radius 3 is 0.538 bits per heavy atom. The van der Waals surface area contributed by atoms with Crippen LogP contribution in [0.3, 0.4) is 0 Å². The monoisotopic (exact) mass is 694 g/mol. The fourth-order valence-corrected chi connectivity index (χ4v) is 0. The molecule has 13 heteroatoms. The molecule has 13 heavy (non-hydrogen) atoms. The van der Waals surface area contributed by atoms with Crippen molar-refractivity contribution in [1.82, 2.24) is 0 Å². The van der Waals surface area contributed by atoms with Gasteiger partial charge in [-0.25, -0.2) is 0 Å². The molecule has 0 saturated heterocycles. The standard InChI is InChI=1S/3IO2S.Sb/c3*1-4(2)3;/q3*-1;+3. The first-order chi connectivity index (χ1) is 5.20. The number of rotatable bonds is 0. The molecule has 0 aromatic rings. The molecule has 0 atom stereocenters. The summed E-state index contributed by atoms with van der Waals surface area (Å²) in [5.74, 6) is 0. The zero-order chi connectivity index (χ0) is 10.7. The maximum absolute atomic E-state index is 8.99. The quantitative estimate of drug-likeness (QED) is 0.165. The van der Waals surface area contributed by atoms with E-state index in [2.05, 4.69) is 0 Å². The van der Waals surface area contributed by atoms with E-state index >= 15 is 0 Å². The van der Waals surface area contributed by atoms with Gasteiger partial charge in [0.1, 0.15) is 0 Å². The Morgan fingerprint density at radius 1 is 0.538 bits per heavy atom. The van der Waals surface area contributed by atoms with E-state index in [0.717, 1.165) is 0 Å². The van der Waals surface area contributed by atoms with Crippen LogP contribution in [0.15, 0.2) is 0 Å². The van der Waals surface area contributed by atoms with E-state index in [-0.39, 0.29) is 24.4 Å². The van der Waals surface area contributed by atoms with Gasteiger partial charge in [-0.15, -0.1) is 0 Å². The van der Waals surface area contributed by atoms with Crippen molar-refractivity contribution >= 4 is 112 Å². The van der Waals surface area contributed by atoms with Crippen LogP contribution in [-0.4, -0.2) is 24.4 Å². The fraction of sp³-hybridized carbons (Fsp3) is 0. The fourth-order valence-electron chi connectivity index (χ4n) is 0. The van der Waals surface area contributed by atoms with Gasteiger partial charge in [0.15, 0.2) is 0 Å². The molecule has 2 radical (unpaired) electrons. The van der Waals surface area contributed by atoms with Crippen molar-refractivity contribution in [3.05, 3.63) is 0 Å². The minimum absolute atomic E-state index is 0. The molecule has 80 valence electrons. The van der Waals surface area contributed by atoms with Crippen LogP contribution in [0.2, 0.25) is 0 Å². The molecule has 0 fully saturated rings. The molecule has 0 unspecified atom stereocenters. The Balaban J connectivity index is -0.0000000450. The summed E-state index contributed by atoms with van der Waals surface area (Å²) in [7, 11) is -5.67. The Labute approximate surface area is 134 Å². The molecule has 0 rings (SSSR count). The molecule has 0 N–H and O–H groups in total. The Kier molecular flexibility index (Phi) is 38.9. The summed E-state index contributed by atoms with van der Waals surface area (Å²) in [5, 5.41) is 0. The van der Waals surface area contributed by atoms with Gasteiger partial charge >= 0.3 is 24.4 Å². The Bertz CT molecular complexity index is 216. The molecule has 0 saturated carbocycles. The molecule has 6 nitrogen and oxygen atoms in total. The van der Waals surface area contributed by atoms with E-state index in [0.29, 0.717) is 0 Å². The van der Waals surface area contributed by atoms with Crippen LogP contribution >= 0.6 is 63.6 Å². The smallest absolute Gasteiger partial charge is 0.414 e. The molecule has 0 heterocycles. The predicted molar refractivity (Wildman–Crippen MR) is 74.0 cm³/mol. The van der Waals surface area contributed by atoms with Crippen LogP contribution in [0.1, 0.15) is 0 Å². The van der Waals surface area contributed by atoms with Crippen LogP contribution in [0.5, 0.6) is 0 Å². The molecule has 0 aliphatic rings. The number of hydrogen-bond acceptors (Lipinski definition) is 9. The van der Waals surface area contributed by atoms with Crippen molar-refractivity contribution < 1.29 is 25.3 Å². The average Bonchev–Trinajstić information content (AvgIpc) is 1.54. The largest absolute Gasteiger partial charge is 3.00 e. The predicted octanol–water partition coefficient (Wildman–Crippen LogP) is 1.56. The molecule has 0 aliphatic heterocycles. The topological polar surface area (TPSA) is 102 Å². The van der Waals surface area contributed by atoms with Crippen LogP contribution < -0.4 is 0 Å². The van der Waals surface area contributed by atoms with E-state index in [9.17, 15) is 0 Å². The van der Waals surface area contributed by atoms with Gasteiger partial charge in [0.2, 0.25) is 0 Å². The molecular weight excluding hydrogens is 695 g/mol. The van der Waals surface area contributed by atoms with Crippen molar-refractivity contribution in [3.63, 3.8) is 0 Å². The van der Waals surface area contributed by atoms with Gasteiger partial charge in [-0.1, -0.05) is 0 Å². The molecule has 0 spiro atoms. The SMILES string of the molecule is O=[S-](=O)I.O=[S-](=O)I.O=[S-](=O)I.[Sb+3]. The van der Waals surface area contributed by atoms with E-state index in [1.54, 1.807) is 0 Å². The van der Waals surface area contributed by atoms with Gasteiger partial charge in [-0.3, -0.25) is 0 Å². The zero-order valence-corrected chi connectivity index (χ0v) is 16.7. The molecule has 0 aliphatic carbocycles. The zero-order valence-electron chi connectivity index (χ0n) is 5.26. The Morgan fingerprint density at radius 2 is 0.538 bits per heavy atom. The van der Waals surface area contributed by atoms with E-state index in [1.165, 1.54) is 63.6 Å². The second kappa shape index (κ2) is 20.3. The van der Waals surface area contributed by atoms with Crippen LogP contribution in [-0.2, 0) is 48.9 Å². The van der Waals surface area contributed by atoms with Crippen molar-refractivity contribution in [2.45, 2.75) is 0 Å². The van der Waals surface area contributed by atoms with E-state index < -0.39 is 23.6 Å². The third-order valence-corrected chi connectivity index (χ3v) is 0. The average molecular weight is 695 g/mol. The minimum Gasteiger partial charge on any atom is -0.414 e. The molecule has 0 aromatic heterocycles. The van der Waals surface area contributed by atoms with Gasteiger partial charge in [-0.05, 0) is 23.6 Å².